The van der Waals surface area contributed by atoms with Gasteiger partial charge in [-0.3, -0.25) is 14.9 Å². The molecule has 23 heavy (non-hydrogen) atoms. The van der Waals surface area contributed by atoms with Gasteiger partial charge in [0.25, 0.3) is 5.91 Å². The van der Waals surface area contributed by atoms with Gasteiger partial charge in [-0.05, 0) is 32.0 Å². The second-order valence-electron chi connectivity index (χ2n) is 5.42. The van der Waals surface area contributed by atoms with E-state index in [1.54, 1.807) is 12.1 Å². The van der Waals surface area contributed by atoms with Crippen molar-refractivity contribution in [3.63, 3.8) is 0 Å². The van der Waals surface area contributed by atoms with Crippen molar-refractivity contribution < 1.29 is 9.59 Å². The number of hydrogen-bond donors (Lipinski definition) is 2. The van der Waals surface area contributed by atoms with Crippen LogP contribution in [0.1, 0.15) is 27.9 Å². The molecule has 0 bridgehead atoms. The van der Waals surface area contributed by atoms with Crippen molar-refractivity contribution in [3.8, 4) is 0 Å². The van der Waals surface area contributed by atoms with Gasteiger partial charge in [0, 0.05) is 31.6 Å². The fraction of sp³-hybridized carbons (Fsp3) is 0.312. The molecule has 1 aromatic heterocycles. The predicted octanol–water partition coefficient (Wildman–Crippen LogP) is 3.04. The Hall–Kier alpha value is -2.41. The molecule has 2 N–H and O–H groups in total. The number of hydrogen-bond acceptors (Lipinski definition) is 5. The summed E-state index contributed by atoms with van der Waals surface area (Å²) < 4.78 is 0. The molecule has 2 aromatic rings. The van der Waals surface area contributed by atoms with Crippen molar-refractivity contribution in [1.29, 1.82) is 0 Å². The fourth-order valence-corrected chi connectivity index (χ4v) is 2.80. The number of carbonyl (C=O) groups excluding carboxylic acids is 2. The maximum atomic E-state index is 12.5. The Balaban J connectivity index is 2.32. The zero-order valence-electron chi connectivity index (χ0n) is 13.9. The average Bonchev–Trinajstić information content (AvgIpc) is 2.76. The van der Waals surface area contributed by atoms with Gasteiger partial charge in [0.05, 0.1) is 16.9 Å². The molecule has 0 unspecified atom stereocenters. The maximum Gasteiger partial charge on any atom is 0.259 e. The Morgan fingerprint density at radius 3 is 2.39 bits per heavy atom. The molecule has 0 fully saturated rings. The third-order valence-electron chi connectivity index (χ3n) is 3.32. The average molecular weight is 332 g/mol. The summed E-state index contributed by atoms with van der Waals surface area (Å²) in [6.45, 7) is 5.27. The van der Waals surface area contributed by atoms with E-state index in [1.165, 1.54) is 18.3 Å². The number of benzene rings is 1. The van der Waals surface area contributed by atoms with Gasteiger partial charge in [0.1, 0.15) is 0 Å². The van der Waals surface area contributed by atoms with Crippen LogP contribution in [0.15, 0.2) is 18.2 Å². The summed E-state index contributed by atoms with van der Waals surface area (Å²) in [5.74, 6) is -0.524. The van der Waals surface area contributed by atoms with E-state index in [0.29, 0.717) is 16.4 Å². The lowest BCUT2D eigenvalue weighted by molar-refractivity contribution is -0.114. The van der Waals surface area contributed by atoms with Crippen LogP contribution in [-0.4, -0.2) is 30.9 Å². The summed E-state index contributed by atoms with van der Waals surface area (Å²) in [5, 5.41) is 6.05. The zero-order valence-corrected chi connectivity index (χ0v) is 14.7. The summed E-state index contributed by atoms with van der Waals surface area (Å²) in [7, 11) is 3.79. The van der Waals surface area contributed by atoms with Gasteiger partial charge in [0.2, 0.25) is 5.91 Å². The van der Waals surface area contributed by atoms with Crippen LogP contribution in [-0.2, 0) is 4.79 Å². The Bertz CT molecular complexity index is 733. The molecule has 7 heteroatoms. The second-order valence-corrected chi connectivity index (χ2v) is 6.62. The number of aryl methyl sites for hydroxylation is 2. The van der Waals surface area contributed by atoms with Gasteiger partial charge in [-0.1, -0.05) is 0 Å². The van der Waals surface area contributed by atoms with Gasteiger partial charge in [0.15, 0.2) is 5.13 Å². The van der Waals surface area contributed by atoms with Crippen LogP contribution in [0.25, 0.3) is 0 Å². The third-order valence-corrected chi connectivity index (χ3v) is 4.31. The Morgan fingerprint density at radius 2 is 1.87 bits per heavy atom. The van der Waals surface area contributed by atoms with Crippen molar-refractivity contribution in [1.82, 2.24) is 4.98 Å². The quantitative estimate of drug-likeness (QED) is 0.902. The van der Waals surface area contributed by atoms with E-state index in [-0.39, 0.29) is 11.8 Å². The highest BCUT2D eigenvalue weighted by Gasteiger charge is 2.16. The van der Waals surface area contributed by atoms with Crippen molar-refractivity contribution in [2.75, 3.05) is 29.6 Å². The number of nitrogens with zero attached hydrogens (tertiary/aromatic N) is 2. The van der Waals surface area contributed by atoms with E-state index in [4.69, 9.17) is 0 Å². The normalized spacial score (nSPS) is 10.3. The van der Waals surface area contributed by atoms with E-state index < -0.39 is 0 Å². The van der Waals surface area contributed by atoms with E-state index in [9.17, 15) is 9.59 Å². The van der Waals surface area contributed by atoms with Crippen LogP contribution in [0.3, 0.4) is 0 Å². The largest absolute Gasteiger partial charge is 0.378 e. The SMILES string of the molecule is CC(=O)Nc1cc(N(C)C)ccc1C(=O)Nc1nc(C)c(C)s1. The van der Waals surface area contributed by atoms with Crippen LogP contribution < -0.4 is 15.5 Å². The molecule has 0 radical (unpaired) electrons. The number of rotatable bonds is 4. The molecule has 122 valence electrons. The molecular weight excluding hydrogens is 312 g/mol. The minimum Gasteiger partial charge on any atom is -0.378 e. The van der Waals surface area contributed by atoms with Gasteiger partial charge >= 0.3 is 0 Å². The van der Waals surface area contributed by atoms with Gasteiger partial charge < -0.3 is 10.2 Å². The van der Waals surface area contributed by atoms with E-state index in [1.807, 2.05) is 38.9 Å². The summed E-state index contributed by atoms with van der Waals surface area (Å²) >= 11 is 1.43. The molecule has 2 amide bonds. The lowest BCUT2D eigenvalue weighted by atomic mass is 10.1. The number of aromatic nitrogens is 1. The first-order chi connectivity index (χ1) is 10.8. The Morgan fingerprint density at radius 1 is 1.17 bits per heavy atom. The minimum atomic E-state index is -0.298. The smallest absolute Gasteiger partial charge is 0.259 e. The second kappa shape index (κ2) is 6.78. The van der Waals surface area contributed by atoms with E-state index in [2.05, 4.69) is 15.6 Å². The maximum absolute atomic E-state index is 12.5. The first-order valence-electron chi connectivity index (χ1n) is 7.12. The van der Waals surface area contributed by atoms with Gasteiger partial charge in [-0.2, -0.15) is 0 Å². The van der Waals surface area contributed by atoms with E-state index in [0.717, 1.165) is 16.3 Å². The predicted molar refractivity (Wildman–Crippen MR) is 94.6 cm³/mol. The number of amides is 2. The molecule has 0 saturated heterocycles. The zero-order chi connectivity index (χ0) is 17.1. The van der Waals surface area contributed by atoms with Crippen molar-refractivity contribution >= 4 is 39.7 Å². The van der Waals surface area contributed by atoms with Crippen LogP contribution in [0.4, 0.5) is 16.5 Å². The van der Waals surface area contributed by atoms with Crippen LogP contribution >= 0.6 is 11.3 Å². The summed E-state index contributed by atoms with van der Waals surface area (Å²) in [6, 6.07) is 5.30. The summed E-state index contributed by atoms with van der Waals surface area (Å²) in [4.78, 5) is 31.2. The standard InChI is InChI=1S/C16H20N4O2S/c1-9-10(2)23-16(17-9)19-15(22)13-7-6-12(20(4)5)8-14(13)18-11(3)21/h6-8H,1-5H3,(H,18,21)(H,17,19,22). The topological polar surface area (TPSA) is 74.3 Å². The molecule has 0 aliphatic carbocycles. The lowest BCUT2D eigenvalue weighted by Gasteiger charge is -2.16. The minimum absolute atomic E-state index is 0.226. The third kappa shape index (κ3) is 4.07. The first-order valence-corrected chi connectivity index (χ1v) is 7.94. The van der Waals surface area contributed by atoms with Crippen molar-refractivity contribution in [2.24, 2.45) is 0 Å². The molecule has 2 rings (SSSR count). The van der Waals surface area contributed by atoms with Crippen molar-refractivity contribution in [3.05, 3.63) is 34.3 Å². The Kier molecular flexibility index (Phi) is 5.00. The molecular formula is C16H20N4O2S. The van der Waals surface area contributed by atoms with Gasteiger partial charge in [-0.25, -0.2) is 4.98 Å². The number of nitrogens with one attached hydrogen (secondary N) is 2. The van der Waals surface area contributed by atoms with Gasteiger partial charge in [-0.15, -0.1) is 11.3 Å². The molecule has 0 spiro atoms. The van der Waals surface area contributed by atoms with E-state index >= 15 is 0 Å². The molecule has 0 aliphatic rings. The molecule has 1 aromatic carbocycles. The molecule has 0 saturated carbocycles. The first kappa shape index (κ1) is 17.0. The van der Waals surface area contributed by atoms with Crippen molar-refractivity contribution in [2.45, 2.75) is 20.8 Å². The molecule has 6 nitrogen and oxygen atoms in total. The fourth-order valence-electron chi connectivity index (χ4n) is 1.99. The highest BCUT2D eigenvalue weighted by Crippen LogP contribution is 2.26. The lowest BCUT2D eigenvalue weighted by Crippen LogP contribution is -2.18. The highest BCUT2D eigenvalue weighted by molar-refractivity contribution is 7.15. The number of thiazole rings is 1. The van der Waals surface area contributed by atoms with Crippen LogP contribution in [0.5, 0.6) is 0 Å². The Labute approximate surface area is 139 Å². The van der Waals surface area contributed by atoms with Crippen LogP contribution in [0.2, 0.25) is 0 Å². The number of carbonyl (C=O) groups is 2. The molecule has 0 atom stereocenters. The summed E-state index contributed by atoms with van der Waals surface area (Å²) in [5.41, 5.74) is 2.67. The molecule has 1 heterocycles. The highest BCUT2D eigenvalue weighted by atomic mass is 32.1. The number of anilines is 3. The van der Waals surface area contributed by atoms with Crippen LogP contribution in [0, 0.1) is 13.8 Å². The summed E-state index contributed by atoms with van der Waals surface area (Å²) in [6.07, 6.45) is 0. The monoisotopic (exact) mass is 332 g/mol. The molecule has 0 aliphatic heterocycles.